The molecule has 2 unspecified atom stereocenters. The number of halogens is 2. The van der Waals surface area contributed by atoms with Crippen molar-refractivity contribution in [3.8, 4) is 0 Å². The largest absolute Gasteiger partial charge is 0.365 e. The van der Waals surface area contributed by atoms with E-state index in [-0.39, 0.29) is 0 Å². The Hall–Kier alpha value is -0.970. The van der Waals surface area contributed by atoms with Crippen LogP contribution in [0.25, 0.3) is 0 Å². The highest BCUT2D eigenvalue weighted by molar-refractivity contribution is 7.99. The number of anilines is 1. The first-order chi connectivity index (χ1) is 12.1. The molecular formula is C19H21Cl2N3S. The Morgan fingerprint density at radius 2 is 1.88 bits per heavy atom. The van der Waals surface area contributed by atoms with Crippen LogP contribution in [0.4, 0.5) is 5.82 Å². The van der Waals surface area contributed by atoms with Crippen molar-refractivity contribution < 1.29 is 0 Å². The summed E-state index contributed by atoms with van der Waals surface area (Å²) >= 11 is 13.9. The van der Waals surface area contributed by atoms with E-state index in [9.17, 15) is 0 Å². The highest BCUT2D eigenvalue weighted by atomic mass is 35.5. The zero-order valence-corrected chi connectivity index (χ0v) is 16.5. The standard InChI is InChI=1S/C19H21Cl2N3S/c1-11-19(25-15-7-3-6-14(20)17(15)21)22-10-16(23-11)24-18-12-4-2-5-13(18)9-8-12/h3,6-7,10,12-13,18H,2,4-5,8-9H2,1H3,(H,23,24). The lowest BCUT2D eigenvalue weighted by Gasteiger charge is -2.31. The molecule has 2 saturated carbocycles. The summed E-state index contributed by atoms with van der Waals surface area (Å²) < 4.78 is 0. The van der Waals surface area contributed by atoms with E-state index in [0.717, 1.165) is 33.3 Å². The lowest BCUT2D eigenvalue weighted by atomic mass is 9.84. The van der Waals surface area contributed by atoms with Crippen molar-refractivity contribution in [1.29, 1.82) is 0 Å². The summed E-state index contributed by atoms with van der Waals surface area (Å²) in [7, 11) is 0. The molecule has 2 aliphatic rings. The second-order valence-corrected chi connectivity index (χ2v) is 8.81. The van der Waals surface area contributed by atoms with Crippen LogP contribution in [0, 0.1) is 18.8 Å². The predicted molar refractivity (Wildman–Crippen MR) is 105 cm³/mol. The molecule has 1 aromatic carbocycles. The summed E-state index contributed by atoms with van der Waals surface area (Å²) in [5.41, 5.74) is 0.911. The van der Waals surface area contributed by atoms with Gasteiger partial charge >= 0.3 is 0 Å². The first-order valence-corrected chi connectivity index (χ1v) is 10.4. The van der Waals surface area contributed by atoms with Crippen LogP contribution in [0.1, 0.15) is 37.8 Å². The Bertz CT molecular complexity index is 767. The monoisotopic (exact) mass is 393 g/mol. The molecule has 0 saturated heterocycles. The number of fused-ring (bicyclic) bond motifs is 2. The number of benzene rings is 1. The molecule has 0 radical (unpaired) electrons. The Morgan fingerprint density at radius 3 is 2.60 bits per heavy atom. The number of hydrogen-bond acceptors (Lipinski definition) is 4. The van der Waals surface area contributed by atoms with Gasteiger partial charge in [0.1, 0.15) is 10.8 Å². The third-order valence-corrected chi connectivity index (χ3v) is 7.50. The molecule has 6 heteroatoms. The number of nitrogens with one attached hydrogen (secondary N) is 1. The van der Waals surface area contributed by atoms with Crippen LogP contribution in [0.3, 0.4) is 0 Å². The second kappa shape index (κ2) is 7.34. The van der Waals surface area contributed by atoms with E-state index >= 15 is 0 Å². The van der Waals surface area contributed by atoms with Crippen LogP contribution >= 0.6 is 35.0 Å². The number of nitrogens with zero attached hydrogens (tertiary/aromatic N) is 2. The van der Waals surface area contributed by atoms with Crippen molar-refractivity contribution >= 4 is 40.8 Å². The van der Waals surface area contributed by atoms with E-state index in [1.165, 1.54) is 43.9 Å². The highest BCUT2D eigenvalue weighted by Crippen LogP contribution is 2.43. The molecule has 4 rings (SSSR count). The van der Waals surface area contributed by atoms with Gasteiger partial charge in [-0.2, -0.15) is 0 Å². The van der Waals surface area contributed by atoms with Crippen molar-refractivity contribution in [2.24, 2.45) is 11.8 Å². The van der Waals surface area contributed by atoms with E-state index in [1.54, 1.807) is 6.07 Å². The first-order valence-electron chi connectivity index (χ1n) is 8.84. The molecule has 25 heavy (non-hydrogen) atoms. The number of aryl methyl sites for hydroxylation is 1. The smallest absolute Gasteiger partial charge is 0.145 e. The molecule has 1 N–H and O–H groups in total. The highest BCUT2D eigenvalue weighted by Gasteiger charge is 2.38. The van der Waals surface area contributed by atoms with E-state index < -0.39 is 0 Å². The van der Waals surface area contributed by atoms with Crippen LogP contribution in [0.15, 0.2) is 34.3 Å². The molecule has 0 aliphatic heterocycles. The summed E-state index contributed by atoms with van der Waals surface area (Å²) in [4.78, 5) is 10.3. The lowest BCUT2D eigenvalue weighted by molar-refractivity contribution is 0.322. The first kappa shape index (κ1) is 17.4. The Balaban J connectivity index is 1.50. The molecule has 1 aromatic heterocycles. The molecular weight excluding hydrogens is 373 g/mol. The van der Waals surface area contributed by atoms with Crippen LogP contribution in [0.5, 0.6) is 0 Å². The molecule has 2 aliphatic carbocycles. The molecule has 132 valence electrons. The fourth-order valence-corrected chi connectivity index (χ4v) is 5.50. The SMILES string of the molecule is Cc1nc(NC2C3CCCC2CC3)cnc1Sc1cccc(Cl)c1Cl. The summed E-state index contributed by atoms with van der Waals surface area (Å²) in [5, 5.41) is 5.65. The van der Waals surface area contributed by atoms with E-state index in [0.29, 0.717) is 16.1 Å². The maximum absolute atomic E-state index is 6.28. The fourth-order valence-electron chi connectivity index (χ4n) is 4.18. The normalized spacial score (nSPS) is 25.2. The molecule has 2 atom stereocenters. The third kappa shape index (κ3) is 3.62. The van der Waals surface area contributed by atoms with E-state index in [4.69, 9.17) is 28.2 Å². The van der Waals surface area contributed by atoms with Gasteiger partial charge in [-0.05, 0) is 56.6 Å². The van der Waals surface area contributed by atoms with Crippen molar-refractivity contribution in [3.63, 3.8) is 0 Å². The van der Waals surface area contributed by atoms with Crippen LogP contribution < -0.4 is 5.32 Å². The van der Waals surface area contributed by atoms with Crippen LogP contribution in [0.2, 0.25) is 10.0 Å². The van der Waals surface area contributed by atoms with Crippen molar-refractivity contribution in [3.05, 3.63) is 40.1 Å². The summed E-state index contributed by atoms with van der Waals surface area (Å²) in [5.74, 6) is 2.50. The number of aromatic nitrogens is 2. The number of hydrogen-bond donors (Lipinski definition) is 1. The van der Waals surface area contributed by atoms with E-state index in [2.05, 4.69) is 10.3 Å². The molecule has 1 heterocycles. The van der Waals surface area contributed by atoms with Gasteiger partial charge in [-0.1, -0.05) is 47.5 Å². The second-order valence-electron chi connectivity index (χ2n) is 7.00. The van der Waals surface area contributed by atoms with Gasteiger partial charge in [0, 0.05) is 10.9 Å². The average molecular weight is 394 g/mol. The van der Waals surface area contributed by atoms with Gasteiger partial charge in [0.25, 0.3) is 0 Å². The lowest BCUT2D eigenvalue weighted by Crippen LogP contribution is -2.34. The number of rotatable bonds is 4. The molecule has 2 fully saturated rings. The molecule has 0 amide bonds. The van der Waals surface area contributed by atoms with Gasteiger partial charge in [-0.25, -0.2) is 9.97 Å². The molecule has 2 aromatic rings. The zero-order valence-electron chi connectivity index (χ0n) is 14.1. The maximum Gasteiger partial charge on any atom is 0.145 e. The van der Waals surface area contributed by atoms with E-state index in [1.807, 2.05) is 25.3 Å². The molecule has 3 nitrogen and oxygen atoms in total. The van der Waals surface area contributed by atoms with Gasteiger partial charge in [-0.3, -0.25) is 0 Å². The Morgan fingerprint density at radius 1 is 1.12 bits per heavy atom. The van der Waals surface area contributed by atoms with Gasteiger partial charge in [0.05, 0.1) is 21.9 Å². The van der Waals surface area contributed by atoms with Gasteiger partial charge < -0.3 is 5.32 Å². The van der Waals surface area contributed by atoms with Crippen molar-refractivity contribution in [2.75, 3.05) is 5.32 Å². The Labute approximate surface area is 162 Å². The average Bonchev–Trinajstić information content (AvgIpc) is 2.81. The minimum Gasteiger partial charge on any atom is -0.365 e. The summed E-state index contributed by atoms with van der Waals surface area (Å²) in [6.45, 7) is 1.99. The molecule has 0 spiro atoms. The minimum absolute atomic E-state index is 0.559. The van der Waals surface area contributed by atoms with Gasteiger partial charge in [-0.15, -0.1) is 0 Å². The topological polar surface area (TPSA) is 37.8 Å². The van der Waals surface area contributed by atoms with Crippen molar-refractivity contribution in [1.82, 2.24) is 9.97 Å². The zero-order chi connectivity index (χ0) is 17.4. The van der Waals surface area contributed by atoms with Crippen molar-refractivity contribution in [2.45, 2.75) is 55.0 Å². The van der Waals surface area contributed by atoms with Crippen LogP contribution in [-0.4, -0.2) is 16.0 Å². The summed E-state index contributed by atoms with van der Waals surface area (Å²) in [6.07, 6.45) is 8.64. The minimum atomic E-state index is 0.559. The quantitative estimate of drug-likeness (QED) is 0.667. The molecule has 2 bridgehead atoms. The fraction of sp³-hybridized carbons (Fsp3) is 0.474. The predicted octanol–water partition coefficient (Wildman–Crippen LogP) is 6.23. The summed E-state index contributed by atoms with van der Waals surface area (Å²) in [6, 6.07) is 6.21. The van der Waals surface area contributed by atoms with Gasteiger partial charge in [0.15, 0.2) is 0 Å². The maximum atomic E-state index is 6.28. The van der Waals surface area contributed by atoms with Gasteiger partial charge in [0.2, 0.25) is 0 Å². The van der Waals surface area contributed by atoms with Crippen LogP contribution in [-0.2, 0) is 0 Å². The Kier molecular flexibility index (Phi) is 5.12. The third-order valence-electron chi connectivity index (χ3n) is 5.41.